The smallest absolute Gasteiger partial charge is 0.184 e. The molecule has 1 aromatic carbocycles. The second-order valence-electron chi connectivity index (χ2n) is 8.30. The number of benzene rings is 1. The van der Waals surface area contributed by atoms with Crippen molar-refractivity contribution in [1.82, 2.24) is 24.7 Å². The van der Waals surface area contributed by atoms with Gasteiger partial charge in [-0.05, 0) is 24.3 Å². The van der Waals surface area contributed by atoms with Crippen LogP contribution in [0.5, 0.6) is 11.5 Å². The Kier molecular flexibility index (Phi) is 8.46. The number of carbonyl (C=O) groups excluding carboxylic acids is 1. The number of aryl methyl sites for hydroxylation is 1. The molecule has 0 unspecified atom stereocenters. The third-order valence-corrected chi connectivity index (χ3v) is 5.50. The summed E-state index contributed by atoms with van der Waals surface area (Å²) in [5.41, 5.74) is 2.30. The van der Waals surface area contributed by atoms with Gasteiger partial charge in [0.2, 0.25) is 0 Å². The van der Waals surface area contributed by atoms with Crippen molar-refractivity contribution in [2.24, 2.45) is 7.05 Å². The second-order valence-corrected chi connectivity index (χ2v) is 8.30. The minimum absolute atomic E-state index is 0.0461. The van der Waals surface area contributed by atoms with Gasteiger partial charge in [-0.3, -0.25) is 9.48 Å². The molecule has 1 atom stereocenters. The predicted molar refractivity (Wildman–Crippen MR) is 141 cm³/mol. The molecule has 12 nitrogen and oxygen atoms in total. The molecule has 3 aromatic heterocycles. The van der Waals surface area contributed by atoms with Crippen LogP contribution in [0.2, 0.25) is 0 Å². The number of ketones is 1. The molecule has 0 saturated carbocycles. The van der Waals surface area contributed by atoms with Crippen molar-refractivity contribution in [3.63, 3.8) is 0 Å². The highest BCUT2D eigenvalue weighted by atomic mass is 16.5. The highest BCUT2D eigenvalue weighted by molar-refractivity contribution is 6.02. The maximum atomic E-state index is 12.7. The Morgan fingerprint density at radius 2 is 1.89 bits per heavy atom. The topological polar surface area (TPSA) is 157 Å². The zero-order valence-corrected chi connectivity index (χ0v) is 21.3. The molecule has 4 rings (SSSR count). The summed E-state index contributed by atoms with van der Waals surface area (Å²) in [5.74, 6) is 2.37. The van der Waals surface area contributed by atoms with Gasteiger partial charge in [0.05, 0.1) is 42.4 Å². The summed E-state index contributed by atoms with van der Waals surface area (Å²) in [6, 6.07) is 10.6. The zero-order chi connectivity index (χ0) is 27.1. The Morgan fingerprint density at radius 1 is 1.08 bits per heavy atom. The van der Waals surface area contributed by atoms with Crippen LogP contribution in [-0.4, -0.2) is 67.2 Å². The van der Waals surface area contributed by atoms with Crippen molar-refractivity contribution in [1.29, 1.82) is 0 Å². The Bertz CT molecular complexity index is 1390. The third kappa shape index (κ3) is 6.22. The number of aliphatic hydroxyl groups is 2. The maximum Gasteiger partial charge on any atom is 0.184 e. The quantitative estimate of drug-likeness (QED) is 0.204. The van der Waals surface area contributed by atoms with Crippen molar-refractivity contribution in [2.45, 2.75) is 19.4 Å². The number of ether oxygens (including phenoxy) is 2. The van der Waals surface area contributed by atoms with E-state index in [-0.39, 0.29) is 19.0 Å². The number of para-hydroxylation sites is 1. The lowest BCUT2D eigenvalue weighted by Gasteiger charge is -2.17. The summed E-state index contributed by atoms with van der Waals surface area (Å²) >= 11 is 0. The largest absolute Gasteiger partial charge is 0.494 e. The van der Waals surface area contributed by atoms with Gasteiger partial charge in [0.15, 0.2) is 17.4 Å². The van der Waals surface area contributed by atoms with Crippen LogP contribution in [0.15, 0.2) is 55.1 Å². The van der Waals surface area contributed by atoms with Crippen molar-refractivity contribution < 1.29 is 24.5 Å². The fourth-order valence-electron chi connectivity index (χ4n) is 3.59. The lowest BCUT2D eigenvalue weighted by Crippen LogP contribution is -2.21. The molecule has 4 N–H and O–H groups in total. The van der Waals surface area contributed by atoms with Crippen molar-refractivity contribution in [3.05, 3.63) is 60.7 Å². The number of aromatic nitrogens is 5. The van der Waals surface area contributed by atoms with Gasteiger partial charge in [-0.1, -0.05) is 13.0 Å². The van der Waals surface area contributed by atoms with Crippen LogP contribution in [0.4, 0.5) is 23.0 Å². The van der Waals surface area contributed by atoms with E-state index in [1.54, 1.807) is 50.3 Å². The minimum Gasteiger partial charge on any atom is -0.494 e. The molecule has 38 heavy (non-hydrogen) atoms. The number of rotatable bonds is 12. The molecule has 0 radical (unpaired) electrons. The second kappa shape index (κ2) is 12.1. The van der Waals surface area contributed by atoms with Gasteiger partial charge < -0.3 is 30.3 Å². The van der Waals surface area contributed by atoms with Crippen molar-refractivity contribution >= 4 is 28.8 Å². The lowest BCUT2D eigenvalue weighted by atomic mass is 10.1. The Balaban J connectivity index is 1.60. The summed E-state index contributed by atoms with van der Waals surface area (Å²) < 4.78 is 12.7. The van der Waals surface area contributed by atoms with Gasteiger partial charge in [-0.2, -0.15) is 5.10 Å². The molecule has 4 aromatic rings. The molecular weight excluding hydrogens is 490 g/mol. The number of anilines is 4. The molecule has 3 heterocycles. The molecule has 12 heteroatoms. The first-order valence-electron chi connectivity index (χ1n) is 11.9. The number of aliphatic hydroxyl groups excluding tert-OH is 2. The van der Waals surface area contributed by atoms with E-state index in [0.717, 1.165) is 0 Å². The highest BCUT2D eigenvalue weighted by Gasteiger charge is 2.18. The lowest BCUT2D eigenvalue weighted by molar-refractivity contribution is 0.0535. The van der Waals surface area contributed by atoms with Gasteiger partial charge >= 0.3 is 0 Å². The van der Waals surface area contributed by atoms with Crippen LogP contribution in [0, 0.1) is 0 Å². The van der Waals surface area contributed by atoms with Crippen LogP contribution in [0.25, 0.3) is 11.4 Å². The van der Waals surface area contributed by atoms with Crippen molar-refractivity contribution in [2.75, 3.05) is 31.0 Å². The fourth-order valence-corrected chi connectivity index (χ4v) is 3.59. The fraction of sp³-hybridized carbons (Fsp3) is 0.269. The zero-order valence-electron chi connectivity index (χ0n) is 21.3. The predicted octanol–water partition coefficient (Wildman–Crippen LogP) is 3.09. The van der Waals surface area contributed by atoms with E-state index in [0.29, 0.717) is 57.9 Å². The van der Waals surface area contributed by atoms with E-state index in [9.17, 15) is 9.90 Å². The molecule has 0 bridgehead atoms. The molecule has 198 valence electrons. The standard InChI is InChI=1S/C26H29N7O5/c1-4-22(36)19-12-28-24(31-23-9-8-17(11-27-23)38-14-16(35)13-34)10-21(19)30-20-7-5-6-18(25(20)37-3)26-29-15-33(2)32-26/h5-12,15-16,34-35H,4,13-14H2,1-3H3,(H2,27,28,30,31)/t16-/m1/s1. The molecule has 0 spiro atoms. The molecular formula is C26H29N7O5. The first kappa shape index (κ1) is 26.5. The number of Topliss-reactive ketones (excluding diaryl/α,β-unsaturated/α-hetero) is 1. The summed E-state index contributed by atoms with van der Waals surface area (Å²) in [7, 11) is 3.35. The van der Waals surface area contributed by atoms with E-state index in [1.165, 1.54) is 12.4 Å². The number of hydrogen-bond acceptors (Lipinski definition) is 11. The Labute approximate surface area is 219 Å². The number of carbonyl (C=O) groups is 1. The van der Waals surface area contributed by atoms with E-state index >= 15 is 0 Å². The number of nitrogens with zero attached hydrogens (tertiary/aromatic N) is 5. The van der Waals surface area contributed by atoms with E-state index in [1.807, 2.05) is 18.2 Å². The highest BCUT2D eigenvalue weighted by Crippen LogP contribution is 2.37. The number of methoxy groups -OCH3 is 1. The van der Waals surface area contributed by atoms with Gasteiger partial charge in [0.25, 0.3) is 0 Å². The molecule has 0 amide bonds. The summed E-state index contributed by atoms with van der Waals surface area (Å²) in [6.45, 7) is 1.36. The average molecular weight is 520 g/mol. The molecule has 0 fully saturated rings. The Hall–Kier alpha value is -4.55. The first-order valence-corrected chi connectivity index (χ1v) is 11.9. The van der Waals surface area contributed by atoms with Crippen molar-refractivity contribution in [3.8, 4) is 22.9 Å². The number of pyridine rings is 2. The van der Waals surface area contributed by atoms with Gasteiger partial charge in [-0.15, -0.1) is 0 Å². The Morgan fingerprint density at radius 3 is 2.55 bits per heavy atom. The summed E-state index contributed by atoms with van der Waals surface area (Å²) in [4.78, 5) is 25.7. The third-order valence-electron chi connectivity index (χ3n) is 5.50. The average Bonchev–Trinajstić information content (AvgIpc) is 3.38. The monoisotopic (exact) mass is 519 g/mol. The number of hydrogen-bond donors (Lipinski definition) is 4. The van der Waals surface area contributed by atoms with E-state index in [2.05, 4.69) is 30.7 Å². The van der Waals surface area contributed by atoms with Crippen LogP contribution in [-0.2, 0) is 7.05 Å². The first-order chi connectivity index (χ1) is 18.4. The minimum atomic E-state index is -0.966. The van der Waals surface area contributed by atoms with Crippen LogP contribution < -0.4 is 20.1 Å². The SMILES string of the molecule is CCC(=O)c1cnc(Nc2ccc(OC[C@H](O)CO)cn2)cc1Nc1cccc(-c2ncn(C)n2)c1OC. The van der Waals surface area contributed by atoms with Gasteiger partial charge in [-0.25, -0.2) is 15.0 Å². The van der Waals surface area contributed by atoms with Gasteiger partial charge in [0.1, 0.15) is 36.4 Å². The van der Waals surface area contributed by atoms with E-state index in [4.69, 9.17) is 14.6 Å². The maximum absolute atomic E-state index is 12.7. The van der Waals surface area contributed by atoms with E-state index < -0.39 is 6.10 Å². The van der Waals surface area contributed by atoms with Crippen LogP contribution in [0.3, 0.4) is 0 Å². The molecule has 0 saturated heterocycles. The van der Waals surface area contributed by atoms with Gasteiger partial charge in [0, 0.05) is 25.7 Å². The number of nitrogens with one attached hydrogen (secondary N) is 2. The molecule has 0 aliphatic carbocycles. The summed E-state index contributed by atoms with van der Waals surface area (Å²) in [5, 5.41) is 29.1. The van der Waals surface area contributed by atoms with Crippen LogP contribution >= 0.6 is 0 Å². The summed E-state index contributed by atoms with van der Waals surface area (Å²) in [6.07, 6.45) is 3.96. The molecule has 0 aliphatic heterocycles. The van der Waals surface area contributed by atoms with Crippen LogP contribution in [0.1, 0.15) is 23.7 Å². The normalized spacial score (nSPS) is 11.6. The molecule has 0 aliphatic rings.